The van der Waals surface area contributed by atoms with Gasteiger partial charge in [-0.15, -0.1) is 0 Å². The standard InChI is InChI=1S/C7H14N4O3S/c1-11-5-6(7(8)10-11)15(12,13)9-3-4-14-2/h5,9H,3-4H2,1-2H3,(H2,8,10). The molecular weight excluding hydrogens is 220 g/mol. The van der Waals surface area contributed by atoms with Crippen LogP contribution in [-0.2, 0) is 21.8 Å². The van der Waals surface area contributed by atoms with Crippen LogP contribution in [0.5, 0.6) is 0 Å². The van der Waals surface area contributed by atoms with E-state index in [4.69, 9.17) is 10.5 Å². The Morgan fingerprint density at radius 2 is 2.33 bits per heavy atom. The third kappa shape index (κ3) is 2.91. The van der Waals surface area contributed by atoms with Crippen molar-refractivity contribution in [3.05, 3.63) is 6.20 Å². The molecule has 0 saturated heterocycles. The number of hydrogen-bond acceptors (Lipinski definition) is 5. The van der Waals surface area contributed by atoms with E-state index in [1.807, 2.05) is 0 Å². The van der Waals surface area contributed by atoms with Crippen LogP contribution in [0, 0.1) is 0 Å². The summed E-state index contributed by atoms with van der Waals surface area (Å²) in [4.78, 5) is -0.0129. The third-order valence-electron chi connectivity index (χ3n) is 1.71. The summed E-state index contributed by atoms with van der Waals surface area (Å²) in [5.41, 5.74) is 5.45. The lowest BCUT2D eigenvalue weighted by Gasteiger charge is -2.03. The molecule has 86 valence electrons. The molecule has 15 heavy (non-hydrogen) atoms. The first-order valence-corrected chi connectivity index (χ1v) is 5.73. The molecule has 0 radical (unpaired) electrons. The first kappa shape index (κ1) is 12.0. The molecule has 0 aliphatic carbocycles. The van der Waals surface area contributed by atoms with E-state index in [-0.39, 0.29) is 17.3 Å². The van der Waals surface area contributed by atoms with Gasteiger partial charge < -0.3 is 10.5 Å². The van der Waals surface area contributed by atoms with Gasteiger partial charge in [-0.2, -0.15) is 5.10 Å². The molecule has 0 atom stereocenters. The topological polar surface area (TPSA) is 99.2 Å². The number of hydrogen-bond donors (Lipinski definition) is 2. The van der Waals surface area contributed by atoms with Gasteiger partial charge in [0.05, 0.1) is 6.61 Å². The van der Waals surface area contributed by atoms with Gasteiger partial charge in [0.15, 0.2) is 5.82 Å². The van der Waals surface area contributed by atoms with E-state index in [1.165, 1.54) is 18.0 Å². The number of nitrogens with zero attached hydrogens (tertiary/aromatic N) is 2. The van der Waals surface area contributed by atoms with Crippen molar-refractivity contribution in [1.82, 2.24) is 14.5 Å². The number of sulfonamides is 1. The molecule has 1 rings (SSSR count). The van der Waals surface area contributed by atoms with Crippen molar-refractivity contribution in [2.45, 2.75) is 4.90 Å². The maximum absolute atomic E-state index is 11.6. The number of rotatable bonds is 5. The molecule has 0 aliphatic heterocycles. The van der Waals surface area contributed by atoms with Crippen LogP contribution in [0.2, 0.25) is 0 Å². The van der Waals surface area contributed by atoms with E-state index in [2.05, 4.69) is 9.82 Å². The third-order valence-corrected chi connectivity index (χ3v) is 3.19. The Morgan fingerprint density at radius 1 is 1.67 bits per heavy atom. The number of aryl methyl sites for hydroxylation is 1. The summed E-state index contributed by atoms with van der Waals surface area (Å²) >= 11 is 0. The summed E-state index contributed by atoms with van der Waals surface area (Å²) in [6.07, 6.45) is 1.35. The molecule has 8 heteroatoms. The second-order valence-corrected chi connectivity index (χ2v) is 4.68. The fourth-order valence-electron chi connectivity index (χ4n) is 1.05. The number of ether oxygens (including phenoxy) is 1. The van der Waals surface area contributed by atoms with E-state index >= 15 is 0 Å². The fraction of sp³-hybridized carbons (Fsp3) is 0.571. The first-order valence-electron chi connectivity index (χ1n) is 4.25. The maximum atomic E-state index is 11.6. The molecule has 0 amide bonds. The molecule has 3 N–H and O–H groups in total. The van der Waals surface area contributed by atoms with Crippen molar-refractivity contribution in [2.75, 3.05) is 26.0 Å². The Bertz CT molecular complexity index is 425. The minimum Gasteiger partial charge on any atom is -0.383 e. The summed E-state index contributed by atoms with van der Waals surface area (Å²) in [5.74, 6) is -0.0117. The lowest BCUT2D eigenvalue weighted by Crippen LogP contribution is -2.27. The van der Waals surface area contributed by atoms with Crippen molar-refractivity contribution in [2.24, 2.45) is 7.05 Å². The van der Waals surface area contributed by atoms with Gasteiger partial charge in [0.25, 0.3) is 0 Å². The van der Waals surface area contributed by atoms with E-state index in [0.29, 0.717) is 6.61 Å². The van der Waals surface area contributed by atoms with Crippen LogP contribution < -0.4 is 10.5 Å². The van der Waals surface area contributed by atoms with Crippen molar-refractivity contribution in [3.8, 4) is 0 Å². The van der Waals surface area contributed by atoms with Crippen LogP contribution in [0.15, 0.2) is 11.1 Å². The smallest absolute Gasteiger partial charge is 0.245 e. The highest BCUT2D eigenvalue weighted by Gasteiger charge is 2.19. The molecule has 0 fully saturated rings. The van der Waals surface area contributed by atoms with Gasteiger partial charge in [0.2, 0.25) is 10.0 Å². The molecule has 0 spiro atoms. The number of methoxy groups -OCH3 is 1. The molecule has 0 aliphatic rings. The molecule has 0 saturated carbocycles. The number of nitrogen functional groups attached to an aromatic ring is 1. The zero-order chi connectivity index (χ0) is 11.5. The number of nitrogens with two attached hydrogens (primary N) is 1. The van der Waals surface area contributed by atoms with Gasteiger partial charge in [-0.1, -0.05) is 0 Å². The Morgan fingerprint density at radius 3 is 2.80 bits per heavy atom. The van der Waals surface area contributed by atoms with Crippen LogP contribution in [-0.4, -0.2) is 38.5 Å². The molecular formula is C7H14N4O3S. The monoisotopic (exact) mass is 234 g/mol. The Balaban J connectivity index is 2.82. The highest BCUT2D eigenvalue weighted by molar-refractivity contribution is 7.89. The number of nitrogens with one attached hydrogen (secondary N) is 1. The van der Waals surface area contributed by atoms with Gasteiger partial charge in [-0.05, 0) is 0 Å². The van der Waals surface area contributed by atoms with Gasteiger partial charge in [-0.3, -0.25) is 4.68 Å². The highest BCUT2D eigenvalue weighted by Crippen LogP contribution is 2.14. The molecule has 1 aromatic heterocycles. The maximum Gasteiger partial charge on any atom is 0.245 e. The molecule has 1 aromatic rings. The SMILES string of the molecule is COCCNS(=O)(=O)c1cn(C)nc1N. The predicted octanol–water partition coefficient (Wildman–Crippen LogP) is -1.07. The van der Waals surface area contributed by atoms with Crippen LogP contribution in [0.25, 0.3) is 0 Å². The van der Waals surface area contributed by atoms with E-state index in [1.54, 1.807) is 7.05 Å². The van der Waals surface area contributed by atoms with Gasteiger partial charge in [-0.25, -0.2) is 13.1 Å². The molecule has 0 bridgehead atoms. The quantitative estimate of drug-likeness (QED) is 0.632. The summed E-state index contributed by atoms with van der Waals surface area (Å²) in [5, 5.41) is 3.75. The summed E-state index contributed by atoms with van der Waals surface area (Å²) < 4.78 is 31.7. The predicted molar refractivity (Wildman–Crippen MR) is 54.7 cm³/mol. The normalized spacial score (nSPS) is 11.9. The van der Waals surface area contributed by atoms with E-state index < -0.39 is 10.0 Å². The molecule has 7 nitrogen and oxygen atoms in total. The van der Waals surface area contributed by atoms with E-state index in [9.17, 15) is 8.42 Å². The van der Waals surface area contributed by atoms with Gasteiger partial charge >= 0.3 is 0 Å². The lowest BCUT2D eigenvalue weighted by atomic mass is 10.7. The summed E-state index contributed by atoms with van der Waals surface area (Å²) in [7, 11) is -0.486. The van der Waals surface area contributed by atoms with Crippen LogP contribution >= 0.6 is 0 Å². The van der Waals surface area contributed by atoms with Crippen molar-refractivity contribution < 1.29 is 13.2 Å². The molecule has 0 unspecified atom stereocenters. The Kier molecular flexibility index (Phi) is 3.66. The summed E-state index contributed by atoms with van der Waals surface area (Å²) in [6.45, 7) is 0.507. The zero-order valence-electron chi connectivity index (χ0n) is 8.60. The van der Waals surface area contributed by atoms with Crippen molar-refractivity contribution in [1.29, 1.82) is 0 Å². The zero-order valence-corrected chi connectivity index (χ0v) is 9.41. The molecule has 1 heterocycles. The van der Waals surface area contributed by atoms with E-state index in [0.717, 1.165) is 0 Å². The average molecular weight is 234 g/mol. The number of aromatic nitrogens is 2. The second-order valence-electron chi connectivity index (χ2n) is 2.94. The minimum atomic E-state index is -3.58. The lowest BCUT2D eigenvalue weighted by molar-refractivity contribution is 0.204. The molecule has 0 aromatic carbocycles. The van der Waals surface area contributed by atoms with Gasteiger partial charge in [0, 0.05) is 26.9 Å². The van der Waals surface area contributed by atoms with Crippen molar-refractivity contribution >= 4 is 15.8 Å². The Hall–Kier alpha value is -1.12. The van der Waals surface area contributed by atoms with Crippen LogP contribution in [0.3, 0.4) is 0 Å². The van der Waals surface area contributed by atoms with Crippen molar-refractivity contribution in [3.63, 3.8) is 0 Å². The largest absolute Gasteiger partial charge is 0.383 e. The first-order chi connectivity index (χ1) is 6.97. The number of anilines is 1. The summed E-state index contributed by atoms with van der Waals surface area (Å²) in [6, 6.07) is 0. The highest BCUT2D eigenvalue weighted by atomic mass is 32.2. The van der Waals surface area contributed by atoms with Crippen LogP contribution in [0.4, 0.5) is 5.82 Å². The second kappa shape index (κ2) is 4.60. The fourth-order valence-corrected chi connectivity index (χ4v) is 2.16. The van der Waals surface area contributed by atoms with Gasteiger partial charge in [0.1, 0.15) is 4.90 Å². The Labute approximate surface area is 88.3 Å². The van der Waals surface area contributed by atoms with Crippen LogP contribution in [0.1, 0.15) is 0 Å². The minimum absolute atomic E-state index is 0.0117. The average Bonchev–Trinajstić information content (AvgIpc) is 2.46.